The largest absolute Gasteiger partial charge is 0.469 e. The number of alkyl halides is 3. The molecule has 0 amide bonds. The quantitative estimate of drug-likeness (QED) is 0.181. The number of hydrogen-bond acceptors (Lipinski definition) is 8. The molecular weight excluding hydrogens is 585 g/mol. The molecule has 1 saturated carbocycles. The van der Waals surface area contributed by atoms with Gasteiger partial charge < -0.3 is 24.6 Å². The van der Waals surface area contributed by atoms with Gasteiger partial charge in [0.05, 0.1) is 19.6 Å². The SMILES string of the molecule is COC(=O)CCCCCN1CCN(Cc2ccc(-c3cn(C4CCC(O)CC4)c4nc(NCCC(F)(F)F)ncc34)cc2)CC1. The van der Waals surface area contributed by atoms with Crippen molar-refractivity contribution in [1.29, 1.82) is 0 Å². The van der Waals surface area contributed by atoms with E-state index in [9.17, 15) is 23.1 Å². The van der Waals surface area contributed by atoms with E-state index in [0.717, 1.165) is 87.9 Å². The Balaban J connectivity index is 1.21. The molecule has 1 aliphatic heterocycles. The molecule has 2 N–H and O–H groups in total. The first-order chi connectivity index (χ1) is 21.7. The Morgan fingerprint density at radius 1 is 1.02 bits per heavy atom. The number of nitrogens with one attached hydrogen (secondary N) is 1. The van der Waals surface area contributed by atoms with E-state index in [1.54, 1.807) is 6.20 Å². The third kappa shape index (κ3) is 9.40. The number of methoxy groups -OCH3 is 1. The van der Waals surface area contributed by atoms with Gasteiger partial charge in [0.2, 0.25) is 5.95 Å². The van der Waals surface area contributed by atoms with E-state index in [1.165, 1.54) is 12.7 Å². The van der Waals surface area contributed by atoms with Crippen LogP contribution in [-0.2, 0) is 16.1 Å². The minimum atomic E-state index is -4.25. The zero-order chi connectivity index (χ0) is 31.8. The molecule has 1 aliphatic carbocycles. The molecule has 5 rings (SSSR count). The van der Waals surface area contributed by atoms with Crippen LogP contribution in [0.15, 0.2) is 36.7 Å². The molecule has 0 unspecified atom stereocenters. The number of hydrogen-bond donors (Lipinski definition) is 2. The summed E-state index contributed by atoms with van der Waals surface area (Å²) in [4.78, 5) is 25.2. The van der Waals surface area contributed by atoms with Crippen LogP contribution in [0.25, 0.3) is 22.2 Å². The summed E-state index contributed by atoms with van der Waals surface area (Å²) in [5.41, 5.74) is 3.97. The Hall–Kier alpha value is -3.22. The summed E-state index contributed by atoms with van der Waals surface area (Å²) in [6.45, 7) is 5.78. The smallest absolute Gasteiger partial charge is 0.390 e. The Kier molecular flexibility index (Phi) is 11.3. The molecule has 12 heteroatoms. The zero-order valence-corrected chi connectivity index (χ0v) is 26.1. The van der Waals surface area contributed by atoms with Gasteiger partial charge in [-0.1, -0.05) is 30.7 Å². The number of benzene rings is 1. The zero-order valence-electron chi connectivity index (χ0n) is 26.1. The average Bonchev–Trinajstić information content (AvgIpc) is 3.40. The number of unbranched alkanes of at least 4 members (excludes halogenated alkanes) is 2. The molecule has 2 aromatic heterocycles. The van der Waals surface area contributed by atoms with Crippen molar-refractivity contribution in [3.63, 3.8) is 0 Å². The molecule has 0 bridgehead atoms. The van der Waals surface area contributed by atoms with Gasteiger partial charge in [-0.3, -0.25) is 9.69 Å². The summed E-state index contributed by atoms with van der Waals surface area (Å²) in [5, 5.41) is 13.6. The summed E-state index contributed by atoms with van der Waals surface area (Å²) in [5.74, 6) is 0.0495. The fourth-order valence-corrected chi connectivity index (χ4v) is 6.38. The predicted octanol–water partition coefficient (Wildman–Crippen LogP) is 5.79. The van der Waals surface area contributed by atoms with E-state index < -0.39 is 12.6 Å². The van der Waals surface area contributed by atoms with E-state index in [1.807, 2.05) is 0 Å². The molecule has 1 saturated heterocycles. The summed E-state index contributed by atoms with van der Waals surface area (Å²) in [6.07, 6.45) is 4.85. The highest BCUT2D eigenvalue weighted by Gasteiger charge is 2.27. The van der Waals surface area contributed by atoms with Gasteiger partial charge in [0.25, 0.3) is 0 Å². The highest BCUT2D eigenvalue weighted by Crippen LogP contribution is 2.37. The van der Waals surface area contributed by atoms with Gasteiger partial charge in [-0.2, -0.15) is 18.2 Å². The van der Waals surface area contributed by atoms with Gasteiger partial charge in [0.1, 0.15) is 5.65 Å². The number of aliphatic hydroxyl groups excluding tert-OH is 1. The first-order valence-corrected chi connectivity index (χ1v) is 16.2. The second-order valence-electron chi connectivity index (χ2n) is 12.3. The van der Waals surface area contributed by atoms with Gasteiger partial charge in [0.15, 0.2) is 0 Å². The van der Waals surface area contributed by atoms with Crippen LogP contribution in [0.3, 0.4) is 0 Å². The third-order valence-electron chi connectivity index (χ3n) is 9.04. The van der Waals surface area contributed by atoms with E-state index >= 15 is 0 Å². The Morgan fingerprint density at radius 3 is 2.42 bits per heavy atom. The minimum Gasteiger partial charge on any atom is -0.469 e. The highest BCUT2D eigenvalue weighted by atomic mass is 19.4. The molecule has 0 radical (unpaired) electrons. The normalized spacial score (nSPS) is 20.0. The molecule has 1 aromatic carbocycles. The first-order valence-electron chi connectivity index (χ1n) is 16.2. The van der Waals surface area contributed by atoms with Crippen molar-refractivity contribution < 1.29 is 27.8 Å². The molecule has 2 fully saturated rings. The fraction of sp³-hybridized carbons (Fsp3) is 0.606. The van der Waals surface area contributed by atoms with Gasteiger partial charge in [0, 0.05) is 75.1 Å². The lowest BCUT2D eigenvalue weighted by molar-refractivity contribution is -0.140. The van der Waals surface area contributed by atoms with E-state index in [4.69, 9.17) is 4.74 Å². The molecule has 0 spiro atoms. The first kappa shape index (κ1) is 33.2. The Morgan fingerprint density at radius 2 is 1.73 bits per heavy atom. The van der Waals surface area contributed by atoms with E-state index in [-0.39, 0.29) is 30.6 Å². The lowest BCUT2D eigenvalue weighted by Crippen LogP contribution is -2.46. The van der Waals surface area contributed by atoms with Crippen LogP contribution in [0.5, 0.6) is 0 Å². The van der Waals surface area contributed by atoms with Crippen molar-refractivity contribution in [2.24, 2.45) is 0 Å². The summed E-state index contributed by atoms with van der Waals surface area (Å²) < 4.78 is 44.9. The maximum Gasteiger partial charge on any atom is 0.390 e. The topological polar surface area (TPSA) is 95.8 Å². The van der Waals surface area contributed by atoms with Crippen LogP contribution in [0.1, 0.15) is 69.4 Å². The third-order valence-corrected chi connectivity index (χ3v) is 9.04. The number of aliphatic hydroxyl groups is 1. The maximum absolute atomic E-state index is 12.7. The van der Waals surface area contributed by atoms with Crippen LogP contribution in [-0.4, -0.2) is 94.1 Å². The van der Waals surface area contributed by atoms with Crippen molar-refractivity contribution in [1.82, 2.24) is 24.3 Å². The predicted molar refractivity (Wildman–Crippen MR) is 168 cm³/mol. The molecule has 3 aromatic rings. The van der Waals surface area contributed by atoms with Crippen LogP contribution < -0.4 is 5.32 Å². The lowest BCUT2D eigenvalue weighted by Gasteiger charge is -2.34. The summed E-state index contributed by atoms with van der Waals surface area (Å²) in [7, 11) is 1.43. The summed E-state index contributed by atoms with van der Waals surface area (Å²) >= 11 is 0. The molecule has 246 valence electrons. The van der Waals surface area contributed by atoms with Crippen LogP contribution in [0.4, 0.5) is 19.1 Å². The summed E-state index contributed by atoms with van der Waals surface area (Å²) in [6, 6.07) is 8.73. The van der Waals surface area contributed by atoms with Crippen molar-refractivity contribution >= 4 is 23.0 Å². The molecule has 0 atom stereocenters. The maximum atomic E-state index is 12.7. The van der Waals surface area contributed by atoms with Crippen molar-refractivity contribution in [2.45, 2.75) is 82.7 Å². The number of rotatable bonds is 13. The van der Waals surface area contributed by atoms with Crippen molar-refractivity contribution in [3.8, 4) is 11.1 Å². The van der Waals surface area contributed by atoms with E-state index in [2.05, 4.69) is 60.1 Å². The van der Waals surface area contributed by atoms with Gasteiger partial charge in [-0.05, 0) is 56.2 Å². The number of piperazine rings is 1. The second-order valence-corrected chi connectivity index (χ2v) is 12.3. The monoisotopic (exact) mass is 630 g/mol. The Labute approximate surface area is 262 Å². The van der Waals surface area contributed by atoms with E-state index in [0.29, 0.717) is 24.9 Å². The molecule has 45 heavy (non-hydrogen) atoms. The molecule has 2 aliphatic rings. The van der Waals surface area contributed by atoms with Crippen molar-refractivity contribution in [3.05, 3.63) is 42.2 Å². The number of halogens is 3. The number of anilines is 1. The van der Waals surface area contributed by atoms with Crippen LogP contribution in [0.2, 0.25) is 0 Å². The van der Waals surface area contributed by atoms with Crippen molar-refractivity contribution in [2.75, 3.05) is 51.7 Å². The number of aromatic nitrogens is 3. The number of fused-ring (bicyclic) bond motifs is 1. The van der Waals surface area contributed by atoms with Gasteiger partial charge in [-0.15, -0.1) is 0 Å². The number of carbonyl (C=O) groups is 1. The number of carbonyl (C=O) groups excluding carboxylic acids is 1. The standard InChI is InChI=1S/C33H45F3N6O3/c1-45-30(44)5-3-2-4-16-40-17-19-41(20-18-40)22-24-6-8-25(9-7-24)29-23-42(26-10-12-27(43)13-11-26)31-28(29)21-38-32(39-31)37-15-14-33(34,35)36/h6-9,21,23,26-27,43H,2-5,10-20,22H2,1H3,(H,37,38,39). The average molecular weight is 631 g/mol. The van der Waals surface area contributed by atoms with Crippen LogP contribution in [0, 0.1) is 0 Å². The highest BCUT2D eigenvalue weighted by molar-refractivity contribution is 5.94. The second kappa shape index (κ2) is 15.4. The number of nitrogens with zero attached hydrogens (tertiary/aromatic N) is 5. The minimum absolute atomic E-state index is 0.133. The lowest BCUT2D eigenvalue weighted by atomic mass is 9.93. The molecule has 9 nitrogen and oxygen atoms in total. The van der Waals surface area contributed by atoms with Crippen LogP contribution >= 0.6 is 0 Å². The number of esters is 1. The fourth-order valence-electron chi connectivity index (χ4n) is 6.38. The Bertz CT molecular complexity index is 1380. The van der Waals surface area contributed by atoms with Gasteiger partial charge in [-0.25, -0.2) is 4.98 Å². The van der Waals surface area contributed by atoms with Gasteiger partial charge >= 0.3 is 12.1 Å². The molecular formula is C33H45F3N6O3. The number of ether oxygens (including phenoxy) is 1. The molecule has 3 heterocycles.